The van der Waals surface area contributed by atoms with Gasteiger partial charge in [-0.15, -0.1) is 0 Å². The first-order valence-corrected chi connectivity index (χ1v) is 7.00. The van der Waals surface area contributed by atoms with Gasteiger partial charge in [-0.2, -0.15) is 0 Å². The maximum Gasteiger partial charge on any atom is 0.328 e. The lowest BCUT2D eigenvalue weighted by Crippen LogP contribution is -2.58. The molecule has 0 radical (unpaired) electrons. The van der Waals surface area contributed by atoms with Crippen molar-refractivity contribution in [3.63, 3.8) is 0 Å². The summed E-state index contributed by atoms with van der Waals surface area (Å²) in [5.41, 5.74) is -0.114. The van der Waals surface area contributed by atoms with Crippen molar-refractivity contribution in [3.8, 4) is 0 Å². The number of urea groups is 1. The SMILES string of the molecule is CC(C)(NC(=O)N1CCN(c2ccccc2)CC1)C(=O)O. The molecule has 1 fully saturated rings. The number of carbonyl (C=O) groups excluding carboxylic acids is 1. The molecule has 1 heterocycles. The molecule has 114 valence electrons. The van der Waals surface area contributed by atoms with Gasteiger partial charge in [-0.05, 0) is 26.0 Å². The van der Waals surface area contributed by atoms with Crippen LogP contribution in [0.1, 0.15) is 13.8 Å². The number of carboxylic acids is 1. The first-order chi connectivity index (χ1) is 9.90. The van der Waals surface area contributed by atoms with Crippen molar-refractivity contribution in [1.29, 1.82) is 0 Å². The van der Waals surface area contributed by atoms with E-state index in [9.17, 15) is 9.59 Å². The van der Waals surface area contributed by atoms with E-state index in [0.29, 0.717) is 13.1 Å². The fourth-order valence-electron chi connectivity index (χ4n) is 2.21. The second-order valence-corrected chi connectivity index (χ2v) is 5.67. The molecule has 1 aromatic rings. The van der Waals surface area contributed by atoms with Gasteiger partial charge in [0.05, 0.1) is 0 Å². The van der Waals surface area contributed by atoms with Gasteiger partial charge in [-0.3, -0.25) is 0 Å². The summed E-state index contributed by atoms with van der Waals surface area (Å²) in [7, 11) is 0. The number of nitrogens with zero attached hydrogens (tertiary/aromatic N) is 2. The maximum atomic E-state index is 12.1. The van der Waals surface area contributed by atoms with Crippen LogP contribution < -0.4 is 10.2 Å². The molecule has 0 aliphatic carbocycles. The van der Waals surface area contributed by atoms with Crippen LogP contribution in [0.15, 0.2) is 30.3 Å². The zero-order chi connectivity index (χ0) is 15.5. The van der Waals surface area contributed by atoms with Crippen molar-refractivity contribution >= 4 is 17.7 Å². The lowest BCUT2D eigenvalue weighted by atomic mass is 10.1. The molecule has 2 amide bonds. The molecule has 2 rings (SSSR count). The fraction of sp³-hybridized carbons (Fsp3) is 0.467. The summed E-state index contributed by atoms with van der Waals surface area (Å²) >= 11 is 0. The van der Waals surface area contributed by atoms with E-state index >= 15 is 0 Å². The van der Waals surface area contributed by atoms with Crippen LogP contribution in [0.4, 0.5) is 10.5 Å². The number of carboxylic acid groups (broad SMARTS) is 1. The second-order valence-electron chi connectivity index (χ2n) is 5.67. The Morgan fingerprint density at radius 3 is 2.19 bits per heavy atom. The third kappa shape index (κ3) is 3.65. The van der Waals surface area contributed by atoms with Crippen LogP contribution in [0.5, 0.6) is 0 Å². The van der Waals surface area contributed by atoms with Crippen molar-refractivity contribution in [2.45, 2.75) is 19.4 Å². The smallest absolute Gasteiger partial charge is 0.328 e. The average molecular weight is 291 g/mol. The number of hydrogen-bond donors (Lipinski definition) is 2. The number of nitrogens with one attached hydrogen (secondary N) is 1. The maximum absolute atomic E-state index is 12.1. The van der Waals surface area contributed by atoms with Gasteiger partial charge in [0, 0.05) is 31.9 Å². The van der Waals surface area contributed by atoms with Gasteiger partial charge in [0.15, 0.2) is 0 Å². The Bertz CT molecular complexity index is 508. The number of para-hydroxylation sites is 1. The number of benzene rings is 1. The normalized spacial score (nSPS) is 15.7. The third-order valence-corrected chi connectivity index (χ3v) is 3.64. The molecule has 1 aliphatic rings. The molecular weight excluding hydrogens is 270 g/mol. The van der Waals surface area contributed by atoms with Crippen molar-refractivity contribution in [2.24, 2.45) is 0 Å². The number of piperazine rings is 1. The topological polar surface area (TPSA) is 72.9 Å². The minimum absolute atomic E-state index is 0.324. The van der Waals surface area contributed by atoms with Gasteiger partial charge in [0.1, 0.15) is 5.54 Å². The van der Waals surface area contributed by atoms with Crippen LogP contribution in [-0.4, -0.2) is 53.7 Å². The van der Waals surface area contributed by atoms with E-state index in [2.05, 4.69) is 10.2 Å². The van der Waals surface area contributed by atoms with Gasteiger partial charge in [0.25, 0.3) is 0 Å². The van der Waals surface area contributed by atoms with Crippen LogP contribution >= 0.6 is 0 Å². The van der Waals surface area contributed by atoms with Crippen LogP contribution in [0.2, 0.25) is 0 Å². The molecule has 1 aliphatic heterocycles. The Kier molecular flexibility index (Phi) is 4.35. The standard InChI is InChI=1S/C15H21N3O3/c1-15(2,13(19)20)16-14(21)18-10-8-17(9-11-18)12-6-4-3-5-7-12/h3-7H,8-11H2,1-2H3,(H,16,21)(H,19,20). The molecule has 0 saturated carbocycles. The highest BCUT2D eigenvalue weighted by atomic mass is 16.4. The third-order valence-electron chi connectivity index (χ3n) is 3.64. The molecule has 0 bridgehead atoms. The van der Waals surface area contributed by atoms with Gasteiger partial charge < -0.3 is 20.2 Å². The first-order valence-electron chi connectivity index (χ1n) is 7.00. The lowest BCUT2D eigenvalue weighted by Gasteiger charge is -2.37. The Labute approximate surface area is 124 Å². The monoisotopic (exact) mass is 291 g/mol. The lowest BCUT2D eigenvalue weighted by molar-refractivity contribution is -0.143. The highest BCUT2D eigenvalue weighted by molar-refractivity contribution is 5.85. The zero-order valence-corrected chi connectivity index (χ0v) is 12.4. The van der Waals surface area contributed by atoms with E-state index in [4.69, 9.17) is 5.11 Å². The van der Waals surface area contributed by atoms with E-state index < -0.39 is 11.5 Å². The minimum Gasteiger partial charge on any atom is -0.480 e. The summed E-state index contributed by atoms with van der Waals surface area (Å²) in [5, 5.41) is 11.6. The van der Waals surface area contributed by atoms with Crippen LogP contribution in [0, 0.1) is 0 Å². The first kappa shape index (κ1) is 15.2. The summed E-state index contributed by atoms with van der Waals surface area (Å²) in [6, 6.07) is 9.72. The second kappa shape index (κ2) is 6.03. The van der Waals surface area contributed by atoms with Gasteiger partial charge in [-0.25, -0.2) is 9.59 Å². The molecule has 21 heavy (non-hydrogen) atoms. The van der Waals surface area contributed by atoms with E-state index in [1.807, 2.05) is 30.3 Å². The number of amides is 2. The van der Waals surface area contributed by atoms with Gasteiger partial charge >= 0.3 is 12.0 Å². The number of hydrogen-bond acceptors (Lipinski definition) is 3. The van der Waals surface area contributed by atoms with E-state index in [1.54, 1.807) is 4.90 Å². The van der Waals surface area contributed by atoms with Crippen molar-refractivity contribution in [2.75, 3.05) is 31.1 Å². The number of rotatable bonds is 3. The summed E-state index contributed by atoms with van der Waals surface area (Å²) in [4.78, 5) is 27.0. The van der Waals surface area contributed by atoms with Crippen molar-refractivity contribution in [3.05, 3.63) is 30.3 Å². The predicted octanol–water partition coefficient (Wildman–Crippen LogP) is 1.38. The molecular formula is C15H21N3O3. The molecule has 1 saturated heterocycles. The average Bonchev–Trinajstić information content (AvgIpc) is 2.48. The van der Waals surface area contributed by atoms with Crippen LogP contribution in [0.25, 0.3) is 0 Å². The fourth-order valence-corrected chi connectivity index (χ4v) is 2.21. The highest BCUT2D eigenvalue weighted by Gasteiger charge is 2.31. The quantitative estimate of drug-likeness (QED) is 0.882. The summed E-state index contributed by atoms with van der Waals surface area (Å²) in [6.07, 6.45) is 0. The highest BCUT2D eigenvalue weighted by Crippen LogP contribution is 2.15. The Balaban J connectivity index is 1.89. The minimum atomic E-state index is -1.26. The van der Waals surface area contributed by atoms with Crippen LogP contribution in [-0.2, 0) is 4.79 Å². The zero-order valence-electron chi connectivity index (χ0n) is 12.4. The molecule has 0 aromatic heterocycles. The summed E-state index contributed by atoms with van der Waals surface area (Å²) in [5.74, 6) is -1.04. The number of aliphatic carboxylic acids is 1. The Morgan fingerprint density at radius 2 is 1.67 bits per heavy atom. The molecule has 0 spiro atoms. The van der Waals surface area contributed by atoms with Crippen molar-refractivity contribution < 1.29 is 14.7 Å². The molecule has 6 heteroatoms. The van der Waals surface area contributed by atoms with Gasteiger partial charge in [0.2, 0.25) is 0 Å². The van der Waals surface area contributed by atoms with E-state index in [-0.39, 0.29) is 6.03 Å². The Hall–Kier alpha value is -2.24. The van der Waals surface area contributed by atoms with Crippen LogP contribution in [0.3, 0.4) is 0 Å². The molecule has 2 N–H and O–H groups in total. The molecule has 0 atom stereocenters. The summed E-state index contributed by atoms with van der Waals surface area (Å²) < 4.78 is 0. The van der Waals surface area contributed by atoms with E-state index in [0.717, 1.165) is 18.8 Å². The molecule has 0 unspecified atom stereocenters. The molecule has 6 nitrogen and oxygen atoms in total. The Morgan fingerprint density at radius 1 is 1.10 bits per heavy atom. The number of anilines is 1. The van der Waals surface area contributed by atoms with E-state index in [1.165, 1.54) is 13.8 Å². The summed E-state index contributed by atoms with van der Waals surface area (Å²) in [6.45, 7) is 5.60. The van der Waals surface area contributed by atoms with Crippen molar-refractivity contribution in [1.82, 2.24) is 10.2 Å². The largest absolute Gasteiger partial charge is 0.480 e. The number of carbonyl (C=O) groups is 2. The molecule has 1 aromatic carbocycles. The van der Waals surface area contributed by atoms with Gasteiger partial charge in [-0.1, -0.05) is 18.2 Å². The predicted molar refractivity (Wildman–Crippen MR) is 80.5 cm³/mol.